The lowest BCUT2D eigenvalue weighted by atomic mass is 9.82. The predicted octanol–water partition coefficient (Wildman–Crippen LogP) is 2.61. The maximum Gasteiger partial charge on any atom is 0.326 e. The van der Waals surface area contributed by atoms with Crippen LogP contribution in [0.1, 0.15) is 53.4 Å². The summed E-state index contributed by atoms with van der Waals surface area (Å²) in [6, 6.07) is -1.27. The first-order valence-corrected chi connectivity index (χ1v) is 7.47. The summed E-state index contributed by atoms with van der Waals surface area (Å²) in [5, 5.41) is 14.5. The van der Waals surface area contributed by atoms with E-state index in [9.17, 15) is 9.59 Å². The number of hydrogen-bond acceptors (Lipinski definition) is 2. The van der Waals surface area contributed by atoms with Crippen molar-refractivity contribution < 1.29 is 14.7 Å². The van der Waals surface area contributed by atoms with Crippen molar-refractivity contribution in [1.82, 2.24) is 10.6 Å². The van der Waals surface area contributed by atoms with Crippen molar-refractivity contribution in [2.24, 2.45) is 17.3 Å². The second-order valence-corrected chi connectivity index (χ2v) is 7.13. The lowest BCUT2D eigenvalue weighted by molar-refractivity contribution is -0.141. The summed E-state index contributed by atoms with van der Waals surface area (Å²) in [7, 11) is 0. The molecule has 0 bridgehead atoms. The van der Waals surface area contributed by atoms with Crippen LogP contribution < -0.4 is 10.6 Å². The Hall–Kier alpha value is -1.26. The molecule has 0 spiro atoms. The first-order chi connectivity index (χ1) is 9.20. The standard InChI is InChI=1S/C15H28N2O3/c1-10-6-5-7-11(8-10)9-16-14(20)17-12(13(18)19)15(2,3)4/h10-12H,5-9H2,1-4H3,(H,18,19)(H2,16,17,20)/t10?,11?,12-/m1/s1. The smallest absolute Gasteiger partial charge is 0.326 e. The van der Waals surface area contributed by atoms with Gasteiger partial charge >= 0.3 is 12.0 Å². The molecular weight excluding hydrogens is 256 g/mol. The second-order valence-electron chi connectivity index (χ2n) is 7.13. The number of nitrogens with one attached hydrogen (secondary N) is 2. The van der Waals surface area contributed by atoms with E-state index < -0.39 is 17.4 Å². The molecule has 1 aliphatic carbocycles. The molecule has 0 aromatic rings. The van der Waals surface area contributed by atoms with Gasteiger partial charge < -0.3 is 15.7 Å². The van der Waals surface area contributed by atoms with E-state index in [-0.39, 0.29) is 6.03 Å². The molecule has 2 amide bonds. The van der Waals surface area contributed by atoms with Crippen molar-refractivity contribution in [3.8, 4) is 0 Å². The van der Waals surface area contributed by atoms with Gasteiger partial charge in [0.2, 0.25) is 0 Å². The lowest BCUT2D eigenvalue weighted by Gasteiger charge is -2.29. The third kappa shape index (κ3) is 5.39. The van der Waals surface area contributed by atoms with E-state index in [4.69, 9.17) is 5.11 Å². The van der Waals surface area contributed by atoms with Crippen molar-refractivity contribution >= 4 is 12.0 Å². The highest BCUT2D eigenvalue weighted by Gasteiger charge is 2.32. The molecule has 0 aromatic carbocycles. The minimum Gasteiger partial charge on any atom is -0.480 e. The van der Waals surface area contributed by atoms with Gasteiger partial charge in [-0.15, -0.1) is 0 Å². The van der Waals surface area contributed by atoms with Crippen molar-refractivity contribution in [3.63, 3.8) is 0 Å². The van der Waals surface area contributed by atoms with Crippen LogP contribution in [0.15, 0.2) is 0 Å². The number of carbonyl (C=O) groups is 2. The molecule has 1 aliphatic rings. The summed E-state index contributed by atoms with van der Waals surface area (Å²) in [4.78, 5) is 23.0. The number of carbonyl (C=O) groups excluding carboxylic acids is 1. The number of urea groups is 1. The van der Waals surface area contributed by atoms with E-state index >= 15 is 0 Å². The van der Waals surface area contributed by atoms with E-state index in [1.54, 1.807) is 20.8 Å². The van der Waals surface area contributed by atoms with Gasteiger partial charge in [-0.2, -0.15) is 0 Å². The molecule has 0 aromatic heterocycles. The van der Waals surface area contributed by atoms with Crippen LogP contribution in [-0.4, -0.2) is 29.7 Å². The van der Waals surface area contributed by atoms with Gasteiger partial charge in [0, 0.05) is 6.54 Å². The van der Waals surface area contributed by atoms with Crippen LogP contribution in [0.2, 0.25) is 0 Å². The topological polar surface area (TPSA) is 78.4 Å². The zero-order valence-corrected chi connectivity index (χ0v) is 13.0. The fourth-order valence-corrected chi connectivity index (χ4v) is 2.81. The van der Waals surface area contributed by atoms with Gasteiger partial charge in [0.1, 0.15) is 6.04 Å². The Balaban J connectivity index is 2.40. The lowest BCUT2D eigenvalue weighted by Crippen LogP contribution is -2.52. The van der Waals surface area contributed by atoms with Crippen molar-refractivity contribution in [3.05, 3.63) is 0 Å². The molecule has 5 heteroatoms. The molecular formula is C15H28N2O3. The van der Waals surface area contributed by atoms with Gasteiger partial charge in [0.15, 0.2) is 0 Å². The summed E-state index contributed by atoms with van der Waals surface area (Å²) in [5.41, 5.74) is -0.511. The predicted molar refractivity (Wildman–Crippen MR) is 78.5 cm³/mol. The Morgan fingerprint density at radius 3 is 2.45 bits per heavy atom. The third-order valence-corrected chi connectivity index (χ3v) is 3.98. The van der Waals surface area contributed by atoms with Crippen LogP contribution >= 0.6 is 0 Å². The minimum absolute atomic E-state index is 0.384. The molecule has 20 heavy (non-hydrogen) atoms. The van der Waals surface area contributed by atoms with Gasteiger partial charge in [0.05, 0.1) is 0 Å². The Kier molecular flexibility index (Phi) is 5.84. The summed E-state index contributed by atoms with van der Waals surface area (Å²) in [6.45, 7) is 8.28. The van der Waals surface area contributed by atoms with Gasteiger partial charge in [-0.25, -0.2) is 9.59 Å². The zero-order chi connectivity index (χ0) is 15.3. The molecule has 1 saturated carbocycles. The molecule has 3 N–H and O–H groups in total. The summed E-state index contributed by atoms with van der Waals surface area (Å²) in [6.07, 6.45) is 4.77. The van der Waals surface area contributed by atoms with E-state index in [2.05, 4.69) is 17.6 Å². The van der Waals surface area contributed by atoms with Crippen molar-refractivity contribution in [2.75, 3.05) is 6.54 Å². The monoisotopic (exact) mass is 284 g/mol. The Morgan fingerprint density at radius 2 is 1.95 bits per heavy atom. The molecule has 5 nitrogen and oxygen atoms in total. The van der Waals surface area contributed by atoms with E-state index in [1.165, 1.54) is 12.8 Å². The Bertz CT molecular complexity index is 350. The van der Waals surface area contributed by atoms with E-state index in [1.807, 2.05) is 0 Å². The average molecular weight is 284 g/mol. The SMILES string of the molecule is CC1CCCC(CNC(=O)N[C@H](C(=O)O)C(C)(C)C)C1. The molecule has 3 atom stereocenters. The molecule has 1 fully saturated rings. The zero-order valence-electron chi connectivity index (χ0n) is 13.0. The summed E-state index contributed by atoms with van der Waals surface area (Å²) >= 11 is 0. The highest BCUT2D eigenvalue weighted by molar-refractivity contribution is 5.83. The van der Waals surface area contributed by atoms with Crippen LogP contribution in [0, 0.1) is 17.3 Å². The number of amides is 2. The quantitative estimate of drug-likeness (QED) is 0.742. The van der Waals surface area contributed by atoms with Gasteiger partial charge in [-0.3, -0.25) is 0 Å². The van der Waals surface area contributed by atoms with Crippen LogP contribution in [-0.2, 0) is 4.79 Å². The van der Waals surface area contributed by atoms with Crippen molar-refractivity contribution in [2.45, 2.75) is 59.4 Å². The van der Waals surface area contributed by atoms with Crippen LogP contribution in [0.4, 0.5) is 4.79 Å². The van der Waals surface area contributed by atoms with Crippen LogP contribution in [0.5, 0.6) is 0 Å². The third-order valence-electron chi connectivity index (χ3n) is 3.98. The normalized spacial score (nSPS) is 24.8. The highest BCUT2D eigenvalue weighted by Crippen LogP contribution is 2.27. The Labute approximate surface area is 121 Å². The molecule has 0 radical (unpaired) electrons. The van der Waals surface area contributed by atoms with Crippen LogP contribution in [0.3, 0.4) is 0 Å². The fraction of sp³-hybridized carbons (Fsp3) is 0.867. The van der Waals surface area contributed by atoms with Gasteiger partial charge in [-0.1, -0.05) is 40.5 Å². The van der Waals surface area contributed by atoms with Gasteiger partial charge in [-0.05, 0) is 30.1 Å². The number of hydrogen-bond donors (Lipinski definition) is 3. The summed E-state index contributed by atoms with van der Waals surface area (Å²) in [5.74, 6) is 0.237. The average Bonchev–Trinajstić information content (AvgIpc) is 2.31. The first kappa shape index (κ1) is 16.8. The summed E-state index contributed by atoms with van der Waals surface area (Å²) < 4.78 is 0. The van der Waals surface area contributed by atoms with Crippen molar-refractivity contribution in [1.29, 1.82) is 0 Å². The number of carboxylic acid groups (broad SMARTS) is 1. The van der Waals surface area contributed by atoms with E-state index in [0.717, 1.165) is 18.8 Å². The molecule has 0 aliphatic heterocycles. The largest absolute Gasteiger partial charge is 0.480 e. The first-order valence-electron chi connectivity index (χ1n) is 7.47. The number of aliphatic carboxylic acids is 1. The highest BCUT2D eigenvalue weighted by atomic mass is 16.4. The van der Waals surface area contributed by atoms with E-state index in [0.29, 0.717) is 12.5 Å². The number of carboxylic acids is 1. The molecule has 0 saturated heterocycles. The van der Waals surface area contributed by atoms with Crippen LogP contribution in [0.25, 0.3) is 0 Å². The fourth-order valence-electron chi connectivity index (χ4n) is 2.81. The maximum atomic E-state index is 11.8. The molecule has 0 heterocycles. The minimum atomic E-state index is -1.00. The second kappa shape index (κ2) is 6.95. The maximum absolute atomic E-state index is 11.8. The molecule has 2 unspecified atom stereocenters. The molecule has 116 valence electrons. The Morgan fingerprint density at radius 1 is 1.30 bits per heavy atom. The number of rotatable bonds is 4. The molecule has 1 rings (SSSR count). The van der Waals surface area contributed by atoms with Gasteiger partial charge in [0.25, 0.3) is 0 Å².